The monoisotopic (exact) mass is 677 g/mol. The lowest BCUT2D eigenvalue weighted by molar-refractivity contribution is -0.132. The van der Waals surface area contributed by atoms with Gasteiger partial charge in [-0.2, -0.15) is 0 Å². The first-order valence-corrected chi connectivity index (χ1v) is 16.7. The van der Waals surface area contributed by atoms with Crippen LogP contribution in [0.4, 0.5) is 5.13 Å². The lowest BCUT2D eigenvalue weighted by Crippen LogP contribution is -2.29. The summed E-state index contributed by atoms with van der Waals surface area (Å²) in [4.78, 5) is 28.6. The smallest absolute Gasteiger partial charge is 0.301 e. The average molecular weight is 678 g/mol. The minimum atomic E-state index is -1.03. The number of carbonyl (C=O) groups excluding carboxylic acids is 2. The number of aliphatic hydroxyl groups is 1. The number of unbranched alkanes of at least 4 members (excludes halogenated alkanes) is 1. The number of methoxy groups -OCH3 is 1. The molecule has 238 valence electrons. The van der Waals surface area contributed by atoms with Gasteiger partial charge < -0.3 is 19.3 Å². The second-order valence-corrected chi connectivity index (χ2v) is 12.7. The summed E-state index contributed by atoms with van der Waals surface area (Å²) in [5, 5.41) is 21.0. The van der Waals surface area contributed by atoms with E-state index in [0.717, 1.165) is 18.4 Å². The van der Waals surface area contributed by atoms with Crippen molar-refractivity contribution in [1.29, 1.82) is 0 Å². The second-order valence-electron chi connectivity index (χ2n) is 10.1. The summed E-state index contributed by atoms with van der Waals surface area (Å²) in [6, 6.07) is 18.3. The molecule has 4 aromatic rings. The summed E-state index contributed by atoms with van der Waals surface area (Å²) in [5.41, 5.74) is 1.70. The Morgan fingerprint density at radius 3 is 2.59 bits per heavy atom. The van der Waals surface area contributed by atoms with Gasteiger partial charge in [-0.25, -0.2) is 0 Å². The summed E-state index contributed by atoms with van der Waals surface area (Å²) in [7, 11) is 1.49. The summed E-state index contributed by atoms with van der Waals surface area (Å²) in [6.07, 6.45) is 3.53. The van der Waals surface area contributed by atoms with E-state index in [0.29, 0.717) is 50.1 Å². The Morgan fingerprint density at radius 1 is 1.09 bits per heavy atom. The van der Waals surface area contributed by atoms with E-state index in [1.54, 1.807) is 48.5 Å². The van der Waals surface area contributed by atoms with Crippen molar-refractivity contribution < 1.29 is 28.9 Å². The number of rotatable bonds is 14. The van der Waals surface area contributed by atoms with Crippen LogP contribution in [0.25, 0.3) is 5.76 Å². The molecule has 46 heavy (non-hydrogen) atoms. The number of aliphatic hydroxyl groups excluding tert-OH is 1. The molecular weight excluding hydrogens is 646 g/mol. The number of aromatic nitrogens is 2. The van der Waals surface area contributed by atoms with Crippen LogP contribution in [0.5, 0.6) is 17.2 Å². The van der Waals surface area contributed by atoms with E-state index in [9.17, 15) is 14.7 Å². The van der Waals surface area contributed by atoms with Crippen molar-refractivity contribution in [1.82, 2.24) is 10.2 Å². The van der Waals surface area contributed by atoms with Crippen molar-refractivity contribution in [2.75, 3.05) is 25.2 Å². The van der Waals surface area contributed by atoms with Gasteiger partial charge in [-0.15, -0.1) is 10.2 Å². The fraction of sp³-hybridized carbons (Fsp3) is 0.235. The van der Waals surface area contributed by atoms with Gasteiger partial charge in [0, 0.05) is 16.3 Å². The van der Waals surface area contributed by atoms with E-state index in [4.69, 9.17) is 25.8 Å². The Hall–Kier alpha value is -4.32. The zero-order valence-corrected chi connectivity index (χ0v) is 27.7. The van der Waals surface area contributed by atoms with Gasteiger partial charge in [0.05, 0.1) is 25.3 Å². The highest BCUT2D eigenvalue weighted by Gasteiger charge is 2.48. The van der Waals surface area contributed by atoms with Crippen molar-refractivity contribution in [2.45, 2.75) is 35.9 Å². The van der Waals surface area contributed by atoms with Crippen molar-refractivity contribution in [3.63, 3.8) is 0 Å². The molecule has 0 spiro atoms. The molecule has 1 atom stereocenters. The number of nitrogens with zero attached hydrogens (tertiary/aromatic N) is 3. The molecule has 0 unspecified atom stereocenters. The minimum absolute atomic E-state index is 0.0908. The first-order valence-electron chi connectivity index (χ1n) is 14.5. The van der Waals surface area contributed by atoms with Crippen LogP contribution < -0.4 is 19.1 Å². The van der Waals surface area contributed by atoms with Crippen molar-refractivity contribution in [2.24, 2.45) is 0 Å². The van der Waals surface area contributed by atoms with Crippen LogP contribution in [-0.2, 0) is 15.3 Å². The van der Waals surface area contributed by atoms with Crippen LogP contribution in [0.2, 0.25) is 5.02 Å². The normalized spacial score (nSPS) is 15.6. The minimum Gasteiger partial charge on any atom is -0.507 e. The number of anilines is 1. The molecule has 1 aromatic heterocycles. The number of thioether (sulfide) groups is 1. The fourth-order valence-corrected chi connectivity index (χ4v) is 6.93. The molecular formula is C34H32ClN3O6S2. The molecule has 1 amide bonds. The standard InChI is InChI=1S/C34H32ClN3O6S2/c1-4-6-18-43-24-14-11-21(12-15-24)30(39)28-29(22-13-16-26(44-17-5-2)27(19-22)42-3)38(32(41)31(28)40)33-36-37-34(46-33)45-20-23-9-7-8-10-25(23)35/h5,7-16,19,29,39H,2,4,6,17-18,20H2,1,3H3/t29-/m0/s1. The second kappa shape index (κ2) is 15.3. The number of hydrogen-bond donors (Lipinski definition) is 1. The summed E-state index contributed by atoms with van der Waals surface area (Å²) in [6.45, 7) is 6.59. The topological polar surface area (TPSA) is 111 Å². The third-order valence-corrected chi connectivity index (χ3v) is 9.58. The van der Waals surface area contributed by atoms with Crippen molar-refractivity contribution >= 4 is 57.3 Å². The maximum Gasteiger partial charge on any atom is 0.301 e. The first kappa shape index (κ1) is 33.1. The van der Waals surface area contributed by atoms with Gasteiger partial charge in [0.15, 0.2) is 15.8 Å². The van der Waals surface area contributed by atoms with Crippen LogP contribution in [0.3, 0.4) is 0 Å². The molecule has 1 aliphatic rings. The molecule has 0 radical (unpaired) electrons. The zero-order chi connectivity index (χ0) is 32.6. The van der Waals surface area contributed by atoms with Gasteiger partial charge in [-0.05, 0) is 60.0 Å². The van der Waals surface area contributed by atoms with Gasteiger partial charge in [-0.1, -0.05) is 85.0 Å². The summed E-state index contributed by atoms with van der Waals surface area (Å²) in [5.74, 6) is 0.000864. The van der Waals surface area contributed by atoms with Gasteiger partial charge in [0.25, 0.3) is 5.78 Å². The van der Waals surface area contributed by atoms with Crippen molar-refractivity contribution in [3.05, 3.63) is 107 Å². The Labute approximate surface area is 280 Å². The Bertz CT molecular complexity index is 1760. The number of halogens is 1. The number of Topliss-reactive ketones (excluding diaryl/α,β-unsaturated/α-hetero) is 1. The number of carbonyl (C=O) groups is 2. The number of ketones is 1. The highest BCUT2D eigenvalue weighted by atomic mass is 35.5. The summed E-state index contributed by atoms with van der Waals surface area (Å²) >= 11 is 8.90. The summed E-state index contributed by atoms with van der Waals surface area (Å²) < 4.78 is 17.6. The first-order chi connectivity index (χ1) is 22.4. The molecule has 2 heterocycles. The third kappa shape index (κ3) is 7.22. The highest BCUT2D eigenvalue weighted by molar-refractivity contribution is 8.00. The number of amides is 1. The quantitative estimate of drug-likeness (QED) is 0.0271. The van der Waals surface area contributed by atoms with E-state index < -0.39 is 17.7 Å². The zero-order valence-electron chi connectivity index (χ0n) is 25.3. The maximum absolute atomic E-state index is 13.7. The van der Waals surface area contributed by atoms with E-state index in [-0.39, 0.29) is 23.1 Å². The Morgan fingerprint density at radius 2 is 1.87 bits per heavy atom. The molecule has 5 rings (SSSR count). The van der Waals surface area contributed by atoms with E-state index in [2.05, 4.69) is 23.7 Å². The lowest BCUT2D eigenvalue weighted by Gasteiger charge is -2.23. The van der Waals surface area contributed by atoms with Crippen LogP contribution in [0.15, 0.2) is 89.3 Å². The predicted octanol–water partition coefficient (Wildman–Crippen LogP) is 7.86. The van der Waals surface area contributed by atoms with Crippen LogP contribution in [0.1, 0.15) is 42.5 Å². The molecule has 12 heteroatoms. The fourth-order valence-electron chi connectivity index (χ4n) is 4.78. The molecule has 0 aliphatic carbocycles. The predicted molar refractivity (Wildman–Crippen MR) is 181 cm³/mol. The Kier molecular flexibility index (Phi) is 11.0. The van der Waals surface area contributed by atoms with Gasteiger partial charge in [-0.3, -0.25) is 14.5 Å². The van der Waals surface area contributed by atoms with E-state index in [1.807, 2.05) is 24.3 Å². The van der Waals surface area contributed by atoms with E-state index in [1.165, 1.54) is 35.1 Å². The largest absolute Gasteiger partial charge is 0.507 e. The Balaban J connectivity index is 1.54. The molecule has 0 bridgehead atoms. The van der Waals surface area contributed by atoms with Gasteiger partial charge in [0.2, 0.25) is 5.13 Å². The molecule has 3 aromatic carbocycles. The number of ether oxygens (including phenoxy) is 3. The highest BCUT2D eigenvalue weighted by Crippen LogP contribution is 2.46. The maximum atomic E-state index is 13.7. The molecule has 9 nitrogen and oxygen atoms in total. The van der Waals surface area contributed by atoms with E-state index >= 15 is 0 Å². The molecule has 1 saturated heterocycles. The van der Waals surface area contributed by atoms with Crippen LogP contribution in [-0.4, -0.2) is 47.3 Å². The molecule has 1 fully saturated rings. The lowest BCUT2D eigenvalue weighted by atomic mass is 9.95. The SMILES string of the molecule is C=CCOc1ccc([C@H]2C(=C(O)c3ccc(OCCCC)cc3)C(=O)C(=O)N2c2nnc(SCc3ccccc3Cl)s2)cc1OC. The molecule has 1 aliphatic heterocycles. The molecule has 0 saturated carbocycles. The number of benzene rings is 3. The van der Waals surface area contributed by atoms with Gasteiger partial charge >= 0.3 is 5.91 Å². The third-order valence-electron chi connectivity index (χ3n) is 7.11. The van der Waals surface area contributed by atoms with Gasteiger partial charge in [0.1, 0.15) is 18.1 Å². The molecule has 1 N–H and O–H groups in total. The number of hydrogen-bond acceptors (Lipinski definition) is 10. The average Bonchev–Trinajstić information content (AvgIpc) is 3.65. The van der Waals surface area contributed by atoms with Crippen LogP contribution in [0, 0.1) is 0 Å². The van der Waals surface area contributed by atoms with Crippen LogP contribution >= 0.6 is 34.7 Å². The van der Waals surface area contributed by atoms with Crippen molar-refractivity contribution in [3.8, 4) is 17.2 Å².